The average molecular weight is 286 g/mol. The maximum absolute atomic E-state index is 11.7. The van der Waals surface area contributed by atoms with Gasteiger partial charge in [0.1, 0.15) is 6.04 Å². The number of aliphatic imine (C=N–C) groups is 1. The van der Waals surface area contributed by atoms with E-state index in [4.69, 9.17) is 17.2 Å². The second-order valence-electron chi connectivity index (χ2n) is 3.33. The van der Waals surface area contributed by atoms with E-state index in [0.29, 0.717) is 6.42 Å². The van der Waals surface area contributed by atoms with Crippen molar-refractivity contribution in [1.29, 1.82) is 0 Å². The van der Waals surface area contributed by atoms with Crippen LogP contribution in [0.25, 0.3) is 0 Å². The highest BCUT2D eigenvalue weighted by Gasteiger charge is 2.43. The quantitative estimate of drug-likeness (QED) is 0.192. The van der Waals surface area contributed by atoms with E-state index >= 15 is 0 Å². The van der Waals surface area contributed by atoms with Crippen LogP contribution in [-0.4, -0.2) is 36.7 Å². The molecule has 11 heteroatoms. The standard InChI is InChI=1S/C8H13F3N4O4/c9-8(10,11)6(17)19-18-5(16)4(12)2-1-3-15-7(13)14/h4H,1-3,12H2,(H4,13,14,15)/t4-/m0/s1. The fraction of sp³-hybridized carbons (Fsp3) is 0.625. The summed E-state index contributed by atoms with van der Waals surface area (Å²) in [6, 6.07) is -1.25. The Morgan fingerprint density at radius 3 is 2.26 bits per heavy atom. The van der Waals surface area contributed by atoms with Gasteiger partial charge in [-0.15, -0.1) is 0 Å². The monoisotopic (exact) mass is 286 g/mol. The molecule has 0 heterocycles. The third-order valence-electron chi connectivity index (χ3n) is 1.70. The van der Waals surface area contributed by atoms with Crippen molar-refractivity contribution in [2.24, 2.45) is 22.2 Å². The Bertz CT molecular complexity index is 354. The highest BCUT2D eigenvalue weighted by molar-refractivity contribution is 5.78. The first-order chi connectivity index (χ1) is 8.64. The smallest absolute Gasteiger partial charge is 0.370 e. The largest absolute Gasteiger partial charge is 0.495 e. The molecule has 0 aromatic heterocycles. The van der Waals surface area contributed by atoms with Gasteiger partial charge in [0, 0.05) is 6.54 Å². The Morgan fingerprint density at radius 1 is 1.21 bits per heavy atom. The minimum Gasteiger partial charge on any atom is -0.370 e. The van der Waals surface area contributed by atoms with Gasteiger partial charge in [-0.25, -0.2) is 19.4 Å². The lowest BCUT2D eigenvalue weighted by Gasteiger charge is -2.09. The lowest BCUT2D eigenvalue weighted by atomic mass is 10.2. The topological polar surface area (TPSA) is 143 Å². The van der Waals surface area contributed by atoms with Crippen molar-refractivity contribution in [2.45, 2.75) is 25.1 Å². The van der Waals surface area contributed by atoms with Gasteiger partial charge in [0.2, 0.25) is 0 Å². The van der Waals surface area contributed by atoms with Crippen LogP contribution in [0.5, 0.6) is 0 Å². The zero-order chi connectivity index (χ0) is 15.1. The summed E-state index contributed by atoms with van der Waals surface area (Å²) in [5.74, 6) is -4.09. The molecule has 1 atom stereocenters. The van der Waals surface area contributed by atoms with Gasteiger partial charge < -0.3 is 17.2 Å². The van der Waals surface area contributed by atoms with E-state index in [1.165, 1.54) is 0 Å². The van der Waals surface area contributed by atoms with Crippen LogP contribution in [0.3, 0.4) is 0 Å². The highest BCUT2D eigenvalue weighted by Crippen LogP contribution is 2.16. The van der Waals surface area contributed by atoms with E-state index in [-0.39, 0.29) is 18.9 Å². The number of hydrogen-bond acceptors (Lipinski definition) is 6. The molecule has 110 valence electrons. The average Bonchev–Trinajstić information content (AvgIpc) is 2.29. The molecular weight excluding hydrogens is 273 g/mol. The van der Waals surface area contributed by atoms with E-state index in [0.717, 1.165) is 0 Å². The summed E-state index contributed by atoms with van der Waals surface area (Å²) in [7, 11) is 0. The van der Waals surface area contributed by atoms with Gasteiger partial charge >= 0.3 is 18.1 Å². The second-order valence-corrected chi connectivity index (χ2v) is 3.33. The molecule has 0 aliphatic rings. The summed E-state index contributed by atoms with van der Waals surface area (Å²) >= 11 is 0. The molecule has 0 aromatic rings. The number of nitrogens with two attached hydrogens (primary N) is 3. The lowest BCUT2D eigenvalue weighted by molar-refractivity contribution is -0.286. The molecule has 0 aliphatic heterocycles. The molecule has 0 unspecified atom stereocenters. The van der Waals surface area contributed by atoms with Gasteiger partial charge in [0.15, 0.2) is 5.96 Å². The Balaban J connectivity index is 3.95. The highest BCUT2D eigenvalue weighted by atomic mass is 19.4. The first-order valence-corrected chi connectivity index (χ1v) is 4.95. The van der Waals surface area contributed by atoms with Crippen molar-refractivity contribution < 1.29 is 32.5 Å². The zero-order valence-electron chi connectivity index (χ0n) is 9.64. The molecule has 19 heavy (non-hydrogen) atoms. The van der Waals surface area contributed by atoms with Crippen molar-refractivity contribution in [1.82, 2.24) is 0 Å². The predicted octanol–water partition coefficient (Wildman–Crippen LogP) is -1.07. The maximum atomic E-state index is 11.7. The van der Waals surface area contributed by atoms with Crippen LogP contribution in [0.4, 0.5) is 13.2 Å². The van der Waals surface area contributed by atoms with Crippen molar-refractivity contribution >= 4 is 17.9 Å². The van der Waals surface area contributed by atoms with Crippen LogP contribution < -0.4 is 17.2 Å². The molecule has 0 rings (SSSR count). The Morgan fingerprint density at radius 2 is 1.79 bits per heavy atom. The summed E-state index contributed by atoms with van der Waals surface area (Å²) < 4.78 is 35.1. The normalized spacial score (nSPS) is 12.4. The number of alkyl halides is 3. The third kappa shape index (κ3) is 7.81. The van der Waals surface area contributed by atoms with Gasteiger partial charge in [-0.1, -0.05) is 0 Å². The SMILES string of the molecule is NC(N)=NCCC[C@H](N)C(=O)OOC(=O)C(F)(F)F. The van der Waals surface area contributed by atoms with Crippen molar-refractivity contribution in [3.63, 3.8) is 0 Å². The van der Waals surface area contributed by atoms with E-state index in [1.54, 1.807) is 0 Å². The first kappa shape index (κ1) is 17.0. The summed E-state index contributed by atoms with van der Waals surface area (Å²) in [6.45, 7) is 0.186. The summed E-state index contributed by atoms with van der Waals surface area (Å²) in [5, 5.41) is 0. The van der Waals surface area contributed by atoms with Gasteiger partial charge in [0.05, 0.1) is 0 Å². The summed E-state index contributed by atoms with van der Waals surface area (Å²) in [4.78, 5) is 31.8. The molecule has 0 saturated heterocycles. The molecule has 0 aromatic carbocycles. The Kier molecular flexibility index (Phi) is 6.61. The van der Waals surface area contributed by atoms with Gasteiger partial charge in [-0.3, -0.25) is 4.99 Å². The number of rotatable bonds is 5. The number of guanidine groups is 1. The zero-order valence-corrected chi connectivity index (χ0v) is 9.64. The van der Waals surface area contributed by atoms with Crippen molar-refractivity contribution in [3.8, 4) is 0 Å². The number of hydrogen-bond donors (Lipinski definition) is 3. The molecule has 0 aliphatic carbocycles. The molecular formula is C8H13F3N4O4. The second kappa shape index (κ2) is 7.41. The van der Waals surface area contributed by atoms with E-state index < -0.39 is 24.2 Å². The van der Waals surface area contributed by atoms with Crippen LogP contribution >= 0.6 is 0 Å². The number of halogens is 3. The van der Waals surface area contributed by atoms with Crippen LogP contribution in [0.15, 0.2) is 4.99 Å². The summed E-state index contributed by atoms with van der Waals surface area (Å²) in [6.07, 6.45) is -4.92. The summed E-state index contributed by atoms with van der Waals surface area (Å²) in [5.41, 5.74) is 15.3. The molecule has 0 amide bonds. The van der Waals surface area contributed by atoms with Crippen LogP contribution in [0.1, 0.15) is 12.8 Å². The van der Waals surface area contributed by atoms with E-state index in [1.807, 2.05) is 0 Å². The van der Waals surface area contributed by atoms with E-state index in [9.17, 15) is 22.8 Å². The molecule has 0 radical (unpaired) electrons. The fourth-order valence-electron chi connectivity index (χ4n) is 0.825. The lowest BCUT2D eigenvalue weighted by Crippen LogP contribution is -2.35. The van der Waals surface area contributed by atoms with Gasteiger partial charge in [0.25, 0.3) is 0 Å². The first-order valence-electron chi connectivity index (χ1n) is 4.95. The van der Waals surface area contributed by atoms with Crippen LogP contribution in [0.2, 0.25) is 0 Å². The van der Waals surface area contributed by atoms with Crippen LogP contribution in [-0.2, 0) is 19.4 Å². The molecule has 8 nitrogen and oxygen atoms in total. The Hall–Kier alpha value is -2.04. The number of carbonyl (C=O) groups is 2. The minimum absolute atomic E-state index is 0.0409. The number of carbonyl (C=O) groups excluding carboxylic acids is 2. The minimum atomic E-state index is -5.25. The van der Waals surface area contributed by atoms with Gasteiger partial charge in [-0.2, -0.15) is 13.2 Å². The predicted molar refractivity (Wildman–Crippen MR) is 56.1 cm³/mol. The molecule has 0 fully saturated rings. The van der Waals surface area contributed by atoms with Crippen molar-refractivity contribution in [3.05, 3.63) is 0 Å². The maximum Gasteiger partial charge on any atom is 0.495 e. The Labute approximate surface area is 105 Å². The van der Waals surface area contributed by atoms with Crippen LogP contribution in [0, 0.1) is 0 Å². The third-order valence-corrected chi connectivity index (χ3v) is 1.70. The number of nitrogens with zero attached hydrogens (tertiary/aromatic N) is 1. The van der Waals surface area contributed by atoms with E-state index in [2.05, 4.69) is 14.8 Å². The van der Waals surface area contributed by atoms with Crippen molar-refractivity contribution in [2.75, 3.05) is 6.54 Å². The van der Waals surface area contributed by atoms with Gasteiger partial charge in [-0.05, 0) is 12.8 Å². The fourth-order valence-corrected chi connectivity index (χ4v) is 0.825. The molecule has 0 bridgehead atoms. The molecule has 6 N–H and O–H groups in total. The molecule has 0 spiro atoms. The molecule has 0 saturated carbocycles.